The zero-order valence-corrected chi connectivity index (χ0v) is 13.4. The number of unbranched alkanes of at least 4 members (excludes halogenated alkanes) is 3. The van der Waals surface area contributed by atoms with Crippen LogP contribution in [-0.4, -0.2) is 47.1 Å². The molecule has 0 atom stereocenters. The summed E-state index contributed by atoms with van der Waals surface area (Å²) in [6.07, 6.45) is -2.05. The molecule has 0 aromatic carbocycles. The van der Waals surface area contributed by atoms with Gasteiger partial charge in [-0.05, 0) is 19.3 Å². The normalized spacial score (nSPS) is 14.2. The van der Waals surface area contributed by atoms with E-state index in [-0.39, 0.29) is 6.42 Å². The highest BCUT2D eigenvalue weighted by atomic mass is 19.4. The van der Waals surface area contributed by atoms with Crippen LogP contribution in [0.25, 0.3) is 0 Å². The molecule has 0 fully saturated rings. The van der Waals surface area contributed by atoms with Crippen LogP contribution in [0.5, 0.6) is 0 Å². The van der Waals surface area contributed by atoms with Gasteiger partial charge in [-0.3, -0.25) is 0 Å². The smallest absolute Gasteiger partial charge is 0.378 e. The van der Waals surface area contributed by atoms with Gasteiger partial charge in [0.15, 0.2) is 0 Å². The summed E-state index contributed by atoms with van der Waals surface area (Å²) < 4.78 is 109. The number of halogens is 8. The second kappa shape index (κ2) is 9.16. The van der Waals surface area contributed by atoms with E-state index in [1.807, 2.05) is 0 Å². The Balaban J connectivity index is 5.23. The minimum Gasteiger partial charge on any atom is -0.396 e. The van der Waals surface area contributed by atoms with Crippen LogP contribution in [-0.2, 0) is 0 Å². The first-order valence-corrected chi connectivity index (χ1v) is 7.64. The molecule has 0 unspecified atom stereocenters. The van der Waals surface area contributed by atoms with Crippen LogP contribution in [0.2, 0.25) is 0 Å². The molecule has 0 amide bonds. The summed E-state index contributed by atoms with van der Waals surface area (Å²) in [7, 11) is 0. The molecule has 0 aliphatic rings. The van der Waals surface area contributed by atoms with E-state index in [9.17, 15) is 35.1 Å². The molecule has 0 aliphatic carbocycles. The van der Waals surface area contributed by atoms with E-state index in [1.165, 1.54) is 6.08 Å². The van der Waals surface area contributed by atoms with Crippen molar-refractivity contribution in [3.8, 4) is 0 Å². The van der Waals surface area contributed by atoms with Crippen molar-refractivity contribution in [3.63, 3.8) is 0 Å². The van der Waals surface area contributed by atoms with Gasteiger partial charge in [0.2, 0.25) is 0 Å². The van der Waals surface area contributed by atoms with Gasteiger partial charge in [-0.25, -0.2) is 0 Å². The van der Waals surface area contributed by atoms with Gasteiger partial charge >= 0.3 is 23.7 Å². The number of alkyl halides is 8. The molecule has 0 aromatic heterocycles. The van der Waals surface area contributed by atoms with Crippen molar-refractivity contribution >= 4 is 0 Å². The zero-order valence-electron chi connectivity index (χ0n) is 13.4. The van der Waals surface area contributed by atoms with Crippen molar-refractivity contribution < 1.29 is 45.3 Å². The molecule has 0 heterocycles. The molecule has 0 rings (SSSR count). The average molecular weight is 386 g/mol. The third-order valence-corrected chi connectivity index (χ3v) is 3.77. The molecule has 2 nitrogen and oxygen atoms in total. The molecule has 0 aromatic rings. The Morgan fingerprint density at radius 1 is 0.760 bits per heavy atom. The molecule has 0 spiro atoms. The van der Waals surface area contributed by atoms with E-state index in [0.29, 0.717) is 12.8 Å². The largest absolute Gasteiger partial charge is 0.396 e. The van der Waals surface area contributed by atoms with Crippen molar-refractivity contribution in [3.05, 3.63) is 12.7 Å². The lowest BCUT2D eigenvalue weighted by molar-refractivity contribution is -0.369. The van der Waals surface area contributed by atoms with Crippen LogP contribution in [0.15, 0.2) is 12.7 Å². The number of allylic oxidation sites excluding steroid dienone is 1. The van der Waals surface area contributed by atoms with Crippen molar-refractivity contribution in [2.24, 2.45) is 5.92 Å². The molecule has 0 saturated carbocycles. The lowest BCUT2D eigenvalue weighted by Crippen LogP contribution is -2.62. The van der Waals surface area contributed by atoms with Crippen molar-refractivity contribution in [1.29, 1.82) is 0 Å². The lowest BCUT2D eigenvalue weighted by atomic mass is 9.90. The van der Waals surface area contributed by atoms with E-state index in [2.05, 4.69) is 6.58 Å². The highest BCUT2D eigenvalue weighted by Gasteiger charge is 2.79. The maximum absolute atomic E-state index is 13.6. The Labute approximate surface area is 140 Å². The Hall–Kier alpha value is -0.900. The molecule has 0 saturated heterocycles. The molecule has 0 bridgehead atoms. The van der Waals surface area contributed by atoms with Crippen LogP contribution in [0, 0.1) is 5.92 Å². The zero-order chi connectivity index (χ0) is 19.9. The Morgan fingerprint density at radius 2 is 1.24 bits per heavy atom. The van der Waals surface area contributed by atoms with Crippen molar-refractivity contribution in [2.75, 3.05) is 13.2 Å². The summed E-state index contributed by atoms with van der Waals surface area (Å²) in [5.41, 5.74) is 0. The lowest BCUT2D eigenvalue weighted by Gasteiger charge is -2.37. The number of aliphatic hydroxyl groups excluding tert-OH is 2. The summed E-state index contributed by atoms with van der Waals surface area (Å²) in [4.78, 5) is 0. The third kappa shape index (κ3) is 5.54. The summed E-state index contributed by atoms with van der Waals surface area (Å²) in [5, 5.41) is 17.2. The van der Waals surface area contributed by atoms with Crippen LogP contribution < -0.4 is 0 Å². The second-order valence-corrected chi connectivity index (χ2v) is 5.88. The molecular formula is C15H22F8O2. The highest BCUT2D eigenvalue weighted by Crippen LogP contribution is 2.55. The fourth-order valence-electron chi connectivity index (χ4n) is 2.11. The maximum atomic E-state index is 13.6. The number of hydrogen-bond donors (Lipinski definition) is 2. The average Bonchev–Trinajstić information content (AvgIpc) is 2.51. The molecular weight excluding hydrogens is 364 g/mol. The molecule has 0 radical (unpaired) electrons. The third-order valence-electron chi connectivity index (χ3n) is 3.77. The standard InChI is InChI=1S/C15H22F8O2/c1-2-3-4-5-6-7-12(16,17)14(20,21)15(22,23)13(18,19)8-11(9-24)10-25/h2,11,24-25H,1,3-10H2. The SMILES string of the molecule is C=CCCCCCC(F)(F)C(F)(F)C(F)(F)C(F)(F)CC(CO)CO. The fourth-order valence-corrected chi connectivity index (χ4v) is 2.11. The van der Waals surface area contributed by atoms with E-state index >= 15 is 0 Å². The molecule has 10 heteroatoms. The number of rotatable bonds is 13. The number of aliphatic hydroxyl groups is 2. The molecule has 0 aliphatic heterocycles. The van der Waals surface area contributed by atoms with Crippen LogP contribution in [0.1, 0.15) is 38.5 Å². The van der Waals surface area contributed by atoms with Crippen molar-refractivity contribution in [2.45, 2.75) is 62.2 Å². The molecule has 150 valence electrons. The number of hydrogen-bond acceptors (Lipinski definition) is 2. The van der Waals surface area contributed by atoms with Crippen LogP contribution in [0.4, 0.5) is 35.1 Å². The van der Waals surface area contributed by atoms with Gasteiger partial charge in [-0.1, -0.05) is 12.5 Å². The van der Waals surface area contributed by atoms with Crippen molar-refractivity contribution in [1.82, 2.24) is 0 Å². The van der Waals surface area contributed by atoms with E-state index < -0.39 is 62.1 Å². The van der Waals surface area contributed by atoms with E-state index in [4.69, 9.17) is 10.2 Å². The van der Waals surface area contributed by atoms with Gasteiger partial charge in [0.25, 0.3) is 0 Å². The quantitative estimate of drug-likeness (QED) is 0.275. The van der Waals surface area contributed by atoms with Gasteiger partial charge in [-0.2, -0.15) is 35.1 Å². The highest BCUT2D eigenvalue weighted by molar-refractivity contribution is 5.04. The van der Waals surface area contributed by atoms with Gasteiger partial charge < -0.3 is 10.2 Å². The first-order chi connectivity index (χ1) is 11.3. The second-order valence-electron chi connectivity index (χ2n) is 5.88. The molecule has 2 N–H and O–H groups in total. The Kier molecular flexibility index (Phi) is 8.83. The monoisotopic (exact) mass is 386 g/mol. The van der Waals surface area contributed by atoms with Gasteiger partial charge in [-0.15, -0.1) is 6.58 Å². The summed E-state index contributed by atoms with van der Waals surface area (Å²) in [6.45, 7) is 0.983. The Morgan fingerprint density at radius 3 is 1.68 bits per heavy atom. The van der Waals surface area contributed by atoms with Gasteiger partial charge in [0, 0.05) is 32.0 Å². The Bertz CT molecular complexity index is 408. The predicted molar refractivity (Wildman–Crippen MR) is 75.3 cm³/mol. The summed E-state index contributed by atoms with van der Waals surface area (Å²) in [6, 6.07) is 0. The van der Waals surface area contributed by atoms with E-state index in [0.717, 1.165) is 0 Å². The molecule has 25 heavy (non-hydrogen) atoms. The van der Waals surface area contributed by atoms with Gasteiger partial charge in [0.1, 0.15) is 0 Å². The van der Waals surface area contributed by atoms with Gasteiger partial charge in [0.05, 0.1) is 0 Å². The topological polar surface area (TPSA) is 40.5 Å². The fraction of sp³-hybridized carbons (Fsp3) is 0.867. The first-order valence-electron chi connectivity index (χ1n) is 7.64. The predicted octanol–water partition coefficient (Wildman–Crippen LogP) is 4.66. The summed E-state index contributed by atoms with van der Waals surface area (Å²) in [5.74, 6) is -25.4. The van der Waals surface area contributed by atoms with Crippen LogP contribution >= 0.6 is 0 Å². The minimum atomic E-state index is -6.35. The van der Waals surface area contributed by atoms with Crippen LogP contribution in [0.3, 0.4) is 0 Å². The first kappa shape index (κ1) is 24.1. The maximum Gasteiger partial charge on any atom is 0.378 e. The summed E-state index contributed by atoms with van der Waals surface area (Å²) >= 11 is 0. The minimum absolute atomic E-state index is 0.0246. The van der Waals surface area contributed by atoms with E-state index in [1.54, 1.807) is 0 Å².